The van der Waals surface area contributed by atoms with Gasteiger partial charge in [-0.25, -0.2) is 4.68 Å². The second kappa shape index (κ2) is 9.82. The van der Waals surface area contributed by atoms with E-state index in [4.69, 9.17) is 9.47 Å². The molecular formula is C24H28N4O4. The quantitative estimate of drug-likeness (QED) is 0.611. The molecule has 2 aromatic carbocycles. The average molecular weight is 437 g/mol. The number of carbonyl (C=O) groups is 1. The summed E-state index contributed by atoms with van der Waals surface area (Å²) in [6.07, 6.45) is 3.32. The fourth-order valence-electron chi connectivity index (χ4n) is 4.18. The summed E-state index contributed by atoms with van der Waals surface area (Å²) in [6, 6.07) is 14.0. The van der Waals surface area contributed by atoms with Crippen LogP contribution in [0.25, 0.3) is 10.8 Å². The van der Waals surface area contributed by atoms with Crippen molar-refractivity contribution in [1.82, 2.24) is 20.0 Å². The van der Waals surface area contributed by atoms with Crippen LogP contribution >= 0.6 is 0 Å². The average Bonchev–Trinajstić information content (AvgIpc) is 2.82. The Kier molecular flexibility index (Phi) is 6.70. The lowest BCUT2D eigenvalue weighted by Gasteiger charge is -2.32. The lowest BCUT2D eigenvalue weighted by Crippen LogP contribution is -2.46. The van der Waals surface area contributed by atoms with Crippen LogP contribution < -0.4 is 20.3 Å². The van der Waals surface area contributed by atoms with Crippen molar-refractivity contribution in [2.75, 3.05) is 27.3 Å². The Labute approximate surface area is 186 Å². The third kappa shape index (κ3) is 4.75. The summed E-state index contributed by atoms with van der Waals surface area (Å²) in [4.78, 5) is 28.0. The van der Waals surface area contributed by atoms with Gasteiger partial charge in [0.2, 0.25) is 5.91 Å². The van der Waals surface area contributed by atoms with Crippen LogP contribution in [0.5, 0.6) is 11.5 Å². The molecule has 1 fully saturated rings. The highest BCUT2D eigenvalue weighted by molar-refractivity contribution is 5.89. The van der Waals surface area contributed by atoms with E-state index in [1.807, 2.05) is 6.07 Å². The lowest BCUT2D eigenvalue weighted by atomic mass is 10.0. The third-order valence-electron chi connectivity index (χ3n) is 5.86. The molecule has 1 amide bonds. The predicted octanol–water partition coefficient (Wildman–Crippen LogP) is 2.19. The minimum atomic E-state index is -0.383. The molecule has 32 heavy (non-hydrogen) atoms. The molecule has 3 aromatic rings. The van der Waals surface area contributed by atoms with Crippen LogP contribution in [-0.4, -0.2) is 53.9 Å². The zero-order valence-corrected chi connectivity index (χ0v) is 18.4. The third-order valence-corrected chi connectivity index (χ3v) is 5.86. The van der Waals surface area contributed by atoms with Crippen LogP contribution in [0.1, 0.15) is 18.4 Å². The van der Waals surface area contributed by atoms with Gasteiger partial charge in [-0.15, -0.1) is 0 Å². The highest BCUT2D eigenvalue weighted by Gasteiger charge is 2.22. The van der Waals surface area contributed by atoms with Crippen LogP contribution in [0.4, 0.5) is 0 Å². The van der Waals surface area contributed by atoms with Gasteiger partial charge >= 0.3 is 0 Å². The molecule has 1 aliphatic heterocycles. The Morgan fingerprint density at radius 2 is 1.84 bits per heavy atom. The van der Waals surface area contributed by atoms with Gasteiger partial charge in [-0.05, 0) is 30.5 Å². The van der Waals surface area contributed by atoms with E-state index in [0.717, 1.165) is 32.5 Å². The van der Waals surface area contributed by atoms with Crippen LogP contribution in [0.3, 0.4) is 0 Å². The molecule has 1 saturated heterocycles. The van der Waals surface area contributed by atoms with Gasteiger partial charge in [0.25, 0.3) is 5.56 Å². The summed E-state index contributed by atoms with van der Waals surface area (Å²) in [5.74, 6) is 0.584. The Bertz CT molecular complexity index is 1140. The molecule has 0 radical (unpaired) electrons. The number of fused-ring (bicyclic) bond motifs is 1. The van der Waals surface area contributed by atoms with Gasteiger partial charge in [-0.1, -0.05) is 30.3 Å². The van der Waals surface area contributed by atoms with Gasteiger partial charge < -0.3 is 14.8 Å². The Hall–Kier alpha value is -3.39. The number of nitrogens with one attached hydrogen (secondary N) is 1. The minimum absolute atomic E-state index is 0.0975. The summed E-state index contributed by atoms with van der Waals surface area (Å²) >= 11 is 0. The fourth-order valence-corrected chi connectivity index (χ4v) is 4.18. The van der Waals surface area contributed by atoms with Crippen molar-refractivity contribution in [2.24, 2.45) is 0 Å². The van der Waals surface area contributed by atoms with E-state index in [2.05, 4.69) is 39.6 Å². The highest BCUT2D eigenvalue weighted by atomic mass is 16.5. The number of carbonyl (C=O) groups excluding carboxylic acids is 1. The first-order chi connectivity index (χ1) is 15.6. The highest BCUT2D eigenvalue weighted by Crippen LogP contribution is 2.32. The standard InChI is InChI=1S/C24H28N4O4/c1-31-20-9-8-18-14-25-28(24(30)22(18)23(20)32-2)16-21(29)26-19-10-12-27(13-11-19)15-17-6-4-3-5-7-17/h3-9,14,19H,10-13,15-16H2,1-2H3,(H,26,29). The zero-order valence-electron chi connectivity index (χ0n) is 18.4. The molecule has 1 N–H and O–H groups in total. The number of likely N-dealkylation sites (tertiary alicyclic amines) is 1. The molecule has 0 saturated carbocycles. The molecular weight excluding hydrogens is 408 g/mol. The molecule has 168 valence electrons. The zero-order chi connectivity index (χ0) is 22.5. The van der Waals surface area contributed by atoms with Crippen molar-refractivity contribution in [3.05, 3.63) is 64.6 Å². The number of benzene rings is 2. The summed E-state index contributed by atoms with van der Waals surface area (Å²) in [7, 11) is 3.00. The molecule has 4 rings (SSSR count). The number of hydrogen-bond donors (Lipinski definition) is 1. The van der Waals surface area contributed by atoms with Gasteiger partial charge in [-0.3, -0.25) is 14.5 Å². The molecule has 0 aliphatic carbocycles. The Morgan fingerprint density at radius 1 is 1.09 bits per heavy atom. The maximum absolute atomic E-state index is 13.0. The molecule has 1 aliphatic rings. The molecule has 0 spiro atoms. The molecule has 8 nitrogen and oxygen atoms in total. The number of aromatic nitrogens is 2. The first-order valence-electron chi connectivity index (χ1n) is 10.8. The molecule has 0 atom stereocenters. The largest absolute Gasteiger partial charge is 0.493 e. The topological polar surface area (TPSA) is 85.7 Å². The molecule has 0 unspecified atom stereocenters. The molecule has 8 heteroatoms. The monoisotopic (exact) mass is 436 g/mol. The SMILES string of the molecule is COc1ccc2cnn(CC(=O)NC3CCN(Cc4ccccc4)CC3)c(=O)c2c1OC. The van der Waals surface area contributed by atoms with E-state index in [-0.39, 0.29) is 24.1 Å². The Balaban J connectivity index is 1.38. The number of hydrogen-bond acceptors (Lipinski definition) is 6. The molecule has 2 heterocycles. The van der Waals surface area contributed by atoms with Gasteiger partial charge in [0, 0.05) is 31.1 Å². The normalized spacial score (nSPS) is 14.9. The second-order valence-electron chi connectivity index (χ2n) is 7.98. The number of nitrogens with zero attached hydrogens (tertiary/aromatic N) is 3. The van der Waals surface area contributed by atoms with Crippen molar-refractivity contribution in [3.63, 3.8) is 0 Å². The van der Waals surface area contributed by atoms with Gasteiger partial charge in [0.15, 0.2) is 11.5 Å². The smallest absolute Gasteiger partial charge is 0.279 e. The summed E-state index contributed by atoms with van der Waals surface area (Å²) in [5.41, 5.74) is 0.912. The van der Waals surface area contributed by atoms with E-state index in [0.29, 0.717) is 22.3 Å². The number of amides is 1. The second-order valence-corrected chi connectivity index (χ2v) is 7.98. The van der Waals surface area contributed by atoms with Gasteiger partial charge in [-0.2, -0.15) is 5.10 Å². The maximum atomic E-state index is 13.0. The fraction of sp³-hybridized carbons (Fsp3) is 0.375. The maximum Gasteiger partial charge on any atom is 0.279 e. The summed E-state index contributed by atoms with van der Waals surface area (Å²) in [5, 5.41) is 8.21. The first kappa shape index (κ1) is 21.8. The van der Waals surface area contributed by atoms with Crippen molar-refractivity contribution in [3.8, 4) is 11.5 Å². The van der Waals surface area contributed by atoms with Crippen molar-refractivity contribution in [2.45, 2.75) is 32.0 Å². The minimum Gasteiger partial charge on any atom is -0.493 e. The van der Waals surface area contributed by atoms with Crippen molar-refractivity contribution in [1.29, 1.82) is 0 Å². The number of piperidine rings is 1. The number of methoxy groups -OCH3 is 2. The summed E-state index contributed by atoms with van der Waals surface area (Å²) in [6.45, 7) is 2.62. The van der Waals surface area contributed by atoms with Crippen LogP contribution in [0.2, 0.25) is 0 Å². The van der Waals surface area contributed by atoms with Crippen molar-refractivity contribution >= 4 is 16.7 Å². The van der Waals surface area contributed by atoms with E-state index in [1.54, 1.807) is 18.3 Å². The van der Waals surface area contributed by atoms with E-state index in [1.165, 1.54) is 24.5 Å². The van der Waals surface area contributed by atoms with Crippen LogP contribution in [-0.2, 0) is 17.9 Å². The van der Waals surface area contributed by atoms with Gasteiger partial charge in [0.1, 0.15) is 6.54 Å². The van der Waals surface area contributed by atoms with E-state index in [9.17, 15) is 9.59 Å². The van der Waals surface area contributed by atoms with Gasteiger partial charge in [0.05, 0.1) is 25.8 Å². The van der Waals surface area contributed by atoms with E-state index < -0.39 is 0 Å². The predicted molar refractivity (Wildman–Crippen MR) is 122 cm³/mol. The van der Waals surface area contributed by atoms with Crippen LogP contribution in [0.15, 0.2) is 53.5 Å². The first-order valence-corrected chi connectivity index (χ1v) is 10.8. The molecule has 0 bridgehead atoms. The van der Waals surface area contributed by atoms with E-state index >= 15 is 0 Å². The summed E-state index contributed by atoms with van der Waals surface area (Å²) < 4.78 is 11.9. The van der Waals surface area contributed by atoms with Crippen molar-refractivity contribution < 1.29 is 14.3 Å². The molecule has 1 aromatic heterocycles. The lowest BCUT2D eigenvalue weighted by molar-refractivity contribution is -0.122. The van der Waals surface area contributed by atoms with Crippen LogP contribution in [0, 0.1) is 0 Å². The Morgan fingerprint density at radius 3 is 2.53 bits per heavy atom. The number of ether oxygens (including phenoxy) is 2. The number of rotatable bonds is 7.